The van der Waals surface area contributed by atoms with Crippen molar-refractivity contribution < 1.29 is 4.42 Å². The lowest BCUT2D eigenvalue weighted by Crippen LogP contribution is -2.29. The van der Waals surface area contributed by atoms with Gasteiger partial charge in [-0.1, -0.05) is 6.42 Å². The number of nitrogens with two attached hydrogens (primary N) is 1. The predicted molar refractivity (Wildman–Crippen MR) is 58.5 cm³/mol. The normalized spacial score (nSPS) is 23.2. The van der Waals surface area contributed by atoms with Crippen LogP contribution in [0.2, 0.25) is 0 Å². The van der Waals surface area contributed by atoms with E-state index in [1.165, 1.54) is 12.8 Å². The summed E-state index contributed by atoms with van der Waals surface area (Å²) in [6.07, 6.45) is 6.25. The van der Waals surface area contributed by atoms with Gasteiger partial charge in [0.05, 0.1) is 11.7 Å². The molecular weight excluding hydrogens is 190 g/mol. The molecule has 2 N–H and O–H groups in total. The highest BCUT2D eigenvalue weighted by Gasteiger charge is 2.24. The maximum absolute atomic E-state index is 5.52. The summed E-state index contributed by atoms with van der Waals surface area (Å²) in [5, 5.41) is 0. The monoisotopic (exact) mass is 209 g/mol. The lowest BCUT2D eigenvalue weighted by molar-refractivity contribution is 0.159. The van der Waals surface area contributed by atoms with Crippen molar-refractivity contribution in [3.8, 4) is 0 Å². The zero-order valence-electron chi connectivity index (χ0n) is 9.28. The molecule has 0 bridgehead atoms. The summed E-state index contributed by atoms with van der Waals surface area (Å²) in [5.74, 6) is 0.862. The predicted octanol–water partition coefficient (Wildman–Crippen LogP) is 1.33. The minimum absolute atomic E-state index is 0.366. The second kappa shape index (κ2) is 4.77. The van der Waals surface area contributed by atoms with Gasteiger partial charge in [-0.25, -0.2) is 4.98 Å². The Labute approximate surface area is 90.5 Å². The minimum Gasteiger partial charge on any atom is -0.447 e. The first-order chi connectivity index (χ1) is 7.31. The van der Waals surface area contributed by atoms with Crippen molar-refractivity contribution in [2.75, 3.05) is 20.1 Å². The Morgan fingerprint density at radius 3 is 3.20 bits per heavy atom. The molecule has 0 amide bonds. The van der Waals surface area contributed by atoms with Gasteiger partial charge in [0.15, 0.2) is 0 Å². The molecule has 15 heavy (non-hydrogen) atoms. The molecule has 0 aromatic carbocycles. The Morgan fingerprint density at radius 1 is 1.60 bits per heavy atom. The van der Waals surface area contributed by atoms with E-state index >= 15 is 0 Å². The first kappa shape index (κ1) is 10.6. The standard InChI is InChI=1S/C11H19N3O/c1-14-7-3-2-4-10(14)11-13-9(5-6-12)8-15-11/h8,10H,2-7,12H2,1H3. The van der Waals surface area contributed by atoms with Crippen LogP contribution < -0.4 is 5.73 Å². The second-order valence-corrected chi connectivity index (χ2v) is 4.21. The van der Waals surface area contributed by atoms with E-state index < -0.39 is 0 Å². The fourth-order valence-electron chi connectivity index (χ4n) is 2.13. The molecular formula is C11H19N3O. The Hall–Kier alpha value is -0.870. The Balaban J connectivity index is 2.06. The van der Waals surface area contributed by atoms with Crippen LogP contribution in [0.25, 0.3) is 0 Å². The van der Waals surface area contributed by atoms with E-state index in [4.69, 9.17) is 10.2 Å². The quantitative estimate of drug-likeness (QED) is 0.816. The van der Waals surface area contributed by atoms with Crippen molar-refractivity contribution in [1.82, 2.24) is 9.88 Å². The van der Waals surface area contributed by atoms with Gasteiger partial charge in [0.1, 0.15) is 6.26 Å². The van der Waals surface area contributed by atoms with E-state index in [2.05, 4.69) is 16.9 Å². The highest BCUT2D eigenvalue weighted by molar-refractivity contribution is 5.01. The number of hydrogen-bond donors (Lipinski definition) is 1. The molecule has 4 nitrogen and oxygen atoms in total. The van der Waals surface area contributed by atoms with Crippen LogP contribution in [-0.2, 0) is 6.42 Å². The van der Waals surface area contributed by atoms with Crippen LogP contribution >= 0.6 is 0 Å². The first-order valence-corrected chi connectivity index (χ1v) is 5.66. The van der Waals surface area contributed by atoms with Gasteiger partial charge in [0.25, 0.3) is 0 Å². The summed E-state index contributed by atoms with van der Waals surface area (Å²) in [4.78, 5) is 6.81. The Kier molecular flexibility index (Phi) is 3.38. The third kappa shape index (κ3) is 2.38. The van der Waals surface area contributed by atoms with Crippen molar-refractivity contribution in [2.45, 2.75) is 31.7 Å². The van der Waals surface area contributed by atoms with Gasteiger partial charge in [-0.15, -0.1) is 0 Å². The number of piperidine rings is 1. The molecule has 1 fully saturated rings. The van der Waals surface area contributed by atoms with E-state index in [0.29, 0.717) is 12.6 Å². The summed E-state index contributed by atoms with van der Waals surface area (Å²) in [6, 6.07) is 0.366. The van der Waals surface area contributed by atoms with Crippen molar-refractivity contribution in [3.63, 3.8) is 0 Å². The minimum atomic E-state index is 0.366. The molecule has 0 radical (unpaired) electrons. The van der Waals surface area contributed by atoms with Crippen LogP contribution in [0.4, 0.5) is 0 Å². The van der Waals surface area contributed by atoms with Crippen LogP contribution in [0, 0.1) is 0 Å². The summed E-state index contributed by atoms with van der Waals surface area (Å²) >= 11 is 0. The number of nitrogens with zero attached hydrogens (tertiary/aromatic N) is 2. The lowest BCUT2D eigenvalue weighted by atomic mass is 10.0. The van der Waals surface area contributed by atoms with Crippen LogP contribution in [0.3, 0.4) is 0 Å². The van der Waals surface area contributed by atoms with Crippen molar-refractivity contribution in [1.29, 1.82) is 0 Å². The first-order valence-electron chi connectivity index (χ1n) is 5.66. The molecule has 0 aliphatic carbocycles. The molecule has 1 aliphatic rings. The van der Waals surface area contributed by atoms with E-state index in [0.717, 1.165) is 31.0 Å². The lowest BCUT2D eigenvalue weighted by Gasteiger charge is -2.29. The van der Waals surface area contributed by atoms with Crippen molar-refractivity contribution in [2.24, 2.45) is 5.73 Å². The smallest absolute Gasteiger partial charge is 0.211 e. The van der Waals surface area contributed by atoms with E-state index in [9.17, 15) is 0 Å². The maximum Gasteiger partial charge on any atom is 0.211 e. The highest BCUT2D eigenvalue weighted by Crippen LogP contribution is 2.28. The average Bonchev–Trinajstić information content (AvgIpc) is 2.68. The number of hydrogen-bond acceptors (Lipinski definition) is 4. The molecule has 1 unspecified atom stereocenters. The fraction of sp³-hybridized carbons (Fsp3) is 0.727. The van der Waals surface area contributed by atoms with Crippen molar-refractivity contribution in [3.05, 3.63) is 17.8 Å². The third-order valence-electron chi connectivity index (χ3n) is 3.03. The number of aromatic nitrogens is 1. The van der Waals surface area contributed by atoms with Crippen LogP contribution in [0.5, 0.6) is 0 Å². The molecule has 0 saturated carbocycles. The number of likely N-dealkylation sites (tertiary alicyclic amines) is 1. The van der Waals surface area contributed by atoms with Crippen LogP contribution in [0.15, 0.2) is 10.7 Å². The Bertz CT molecular complexity index is 311. The molecule has 2 rings (SSSR count). The summed E-state index contributed by atoms with van der Waals surface area (Å²) < 4.78 is 5.52. The molecule has 0 spiro atoms. The summed E-state index contributed by atoms with van der Waals surface area (Å²) in [7, 11) is 2.14. The maximum atomic E-state index is 5.52. The Morgan fingerprint density at radius 2 is 2.47 bits per heavy atom. The number of oxazole rings is 1. The highest BCUT2D eigenvalue weighted by atomic mass is 16.3. The van der Waals surface area contributed by atoms with Gasteiger partial charge in [-0.2, -0.15) is 0 Å². The molecule has 2 heterocycles. The van der Waals surface area contributed by atoms with E-state index in [-0.39, 0.29) is 0 Å². The van der Waals surface area contributed by atoms with Crippen LogP contribution in [-0.4, -0.2) is 30.0 Å². The zero-order chi connectivity index (χ0) is 10.7. The molecule has 1 aromatic heterocycles. The van der Waals surface area contributed by atoms with Gasteiger partial charge in [0.2, 0.25) is 5.89 Å². The largest absolute Gasteiger partial charge is 0.447 e. The molecule has 1 aromatic rings. The zero-order valence-corrected chi connectivity index (χ0v) is 9.28. The number of rotatable bonds is 3. The van der Waals surface area contributed by atoms with Gasteiger partial charge in [-0.3, -0.25) is 4.90 Å². The summed E-state index contributed by atoms with van der Waals surface area (Å²) in [6.45, 7) is 1.77. The fourth-order valence-corrected chi connectivity index (χ4v) is 2.13. The van der Waals surface area contributed by atoms with Crippen molar-refractivity contribution >= 4 is 0 Å². The van der Waals surface area contributed by atoms with Gasteiger partial charge >= 0.3 is 0 Å². The van der Waals surface area contributed by atoms with Crippen LogP contribution in [0.1, 0.15) is 36.9 Å². The SMILES string of the molecule is CN1CCCCC1c1nc(CCN)co1. The average molecular weight is 209 g/mol. The molecule has 1 saturated heterocycles. The molecule has 1 aliphatic heterocycles. The molecule has 4 heteroatoms. The van der Waals surface area contributed by atoms with Gasteiger partial charge in [0, 0.05) is 6.42 Å². The van der Waals surface area contributed by atoms with E-state index in [1.54, 1.807) is 6.26 Å². The molecule has 1 atom stereocenters. The van der Waals surface area contributed by atoms with Gasteiger partial charge < -0.3 is 10.2 Å². The van der Waals surface area contributed by atoms with Gasteiger partial charge in [-0.05, 0) is 33.0 Å². The molecule has 84 valence electrons. The summed E-state index contributed by atoms with van der Waals surface area (Å²) in [5.41, 5.74) is 6.46. The topological polar surface area (TPSA) is 55.3 Å². The van der Waals surface area contributed by atoms with E-state index in [1.807, 2.05) is 0 Å². The third-order valence-corrected chi connectivity index (χ3v) is 3.03. The second-order valence-electron chi connectivity index (χ2n) is 4.21.